The highest BCUT2D eigenvalue weighted by molar-refractivity contribution is 8.13. The Balaban J connectivity index is 1.73. The van der Waals surface area contributed by atoms with Gasteiger partial charge in [0, 0.05) is 12.2 Å². The van der Waals surface area contributed by atoms with Gasteiger partial charge in [-0.3, -0.25) is 14.4 Å². The predicted molar refractivity (Wildman–Crippen MR) is 155 cm³/mol. The Kier molecular flexibility index (Phi) is 17.0. The molecule has 0 bridgehead atoms. The van der Waals surface area contributed by atoms with Crippen molar-refractivity contribution in [1.29, 1.82) is 0 Å². The lowest BCUT2D eigenvalue weighted by molar-refractivity contribution is -0.157. The fourth-order valence-corrected chi connectivity index (χ4v) is 5.01. The minimum Gasteiger partial charge on any atom is -0.461 e. The van der Waals surface area contributed by atoms with Crippen LogP contribution in [0, 0.1) is 5.92 Å². The average molecular weight is 541 g/mol. The number of rotatable bonds is 20. The van der Waals surface area contributed by atoms with Gasteiger partial charge in [0.15, 0.2) is 5.12 Å². The van der Waals surface area contributed by atoms with Crippen molar-refractivity contribution in [3.8, 4) is 0 Å². The summed E-state index contributed by atoms with van der Waals surface area (Å²) in [6.45, 7) is 2.48. The van der Waals surface area contributed by atoms with Gasteiger partial charge in [-0.1, -0.05) is 137 Å². The highest BCUT2D eigenvalue weighted by atomic mass is 32.2. The first kappa shape index (κ1) is 31.6. The molecule has 0 radical (unpaired) electrons. The van der Waals surface area contributed by atoms with Crippen molar-refractivity contribution in [3.63, 3.8) is 0 Å². The molecule has 0 unspecified atom stereocenters. The van der Waals surface area contributed by atoms with Gasteiger partial charge in [-0.25, -0.2) is 0 Å². The topological polar surface area (TPSA) is 69.7 Å². The van der Waals surface area contributed by atoms with E-state index in [1.54, 1.807) is 0 Å². The third kappa shape index (κ3) is 15.0. The summed E-state index contributed by atoms with van der Waals surface area (Å²) in [7, 11) is 0. The number of thioether (sulfide) groups is 1. The van der Waals surface area contributed by atoms with Gasteiger partial charge in [-0.2, -0.15) is 0 Å². The van der Waals surface area contributed by atoms with Crippen LogP contribution in [-0.2, 0) is 37.1 Å². The second-order valence-electron chi connectivity index (χ2n) is 9.75. The molecule has 0 aromatic heterocycles. The molecule has 0 heterocycles. The maximum Gasteiger partial charge on any atom is 0.310 e. The average Bonchev–Trinajstić information content (AvgIpc) is 2.94. The maximum absolute atomic E-state index is 12.8. The minimum absolute atomic E-state index is 0.0313. The van der Waals surface area contributed by atoms with Gasteiger partial charge in [-0.15, -0.1) is 0 Å². The third-order valence-electron chi connectivity index (χ3n) is 6.39. The highest BCUT2D eigenvalue weighted by Gasteiger charge is 2.27. The molecule has 0 spiro atoms. The molecule has 5 nitrogen and oxygen atoms in total. The summed E-state index contributed by atoms with van der Waals surface area (Å²) in [6, 6.07) is 18.7. The minimum atomic E-state index is -0.852. The van der Waals surface area contributed by atoms with E-state index in [4.69, 9.17) is 9.47 Å². The molecule has 0 amide bonds. The predicted octanol–water partition coefficient (Wildman–Crippen LogP) is 8.05. The lowest BCUT2D eigenvalue weighted by Crippen LogP contribution is -2.24. The van der Waals surface area contributed by atoms with Gasteiger partial charge in [0.1, 0.15) is 13.2 Å². The molecule has 2 aromatic carbocycles. The monoisotopic (exact) mass is 540 g/mol. The Hall–Kier alpha value is -2.60. The summed E-state index contributed by atoms with van der Waals surface area (Å²) in [5.41, 5.74) is 1.72. The standard InChI is InChI=1S/C32H44O5S/c1-2-3-4-5-6-7-8-9-10-17-22-38-31(34)24-29(32(35)37-26-28-20-15-12-16-21-28)23-30(33)36-25-27-18-13-11-14-19-27/h11-16,18-21,29H,2-10,17,22-26H2,1H3/t29-/m0/s1. The van der Waals surface area contributed by atoms with Crippen LogP contribution in [0.1, 0.15) is 95.1 Å². The van der Waals surface area contributed by atoms with Crippen LogP contribution in [0.2, 0.25) is 0 Å². The zero-order chi connectivity index (χ0) is 27.3. The van der Waals surface area contributed by atoms with Crippen LogP contribution >= 0.6 is 11.8 Å². The summed E-state index contributed by atoms with van der Waals surface area (Å²) in [4.78, 5) is 38.0. The van der Waals surface area contributed by atoms with Crippen LogP contribution in [0.3, 0.4) is 0 Å². The van der Waals surface area contributed by atoms with Gasteiger partial charge in [0.2, 0.25) is 0 Å². The second kappa shape index (κ2) is 20.4. The lowest BCUT2D eigenvalue weighted by atomic mass is 10.0. The van der Waals surface area contributed by atoms with Crippen LogP contribution in [0.5, 0.6) is 0 Å². The quantitative estimate of drug-likeness (QED) is 0.125. The molecule has 208 valence electrons. The number of ether oxygens (including phenoxy) is 2. The van der Waals surface area contributed by atoms with Gasteiger partial charge < -0.3 is 9.47 Å². The smallest absolute Gasteiger partial charge is 0.310 e. The van der Waals surface area contributed by atoms with Crippen LogP contribution in [0.25, 0.3) is 0 Å². The van der Waals surface area contributed by atoms with Crippen LogP contribution in [-0.4, -0.2) is 22.8 Å². The molecule has 38 heavy (non-hydrogen) atoms. The van der Waals surface area contributed by atoms with Crippen LogP contribution in [0.4, 0.5) is 0 Å². The Bertz CT molecular complexity index is 916. The van der Waals surface area contributed by atoms with Crippen molar-refractivity contribution in [2.45, 2.75) is 97.2 Å². The Morgan fingerprint density at radius 3 is 1.71 bits per heavy atom. The summed E-state index contributed by atoms with van der Waals surface area (Å²) in [5, 5.41) is -0.0848. The first-order valence-corrected chi connectivity index (χ1v) is 15.1. The lowest BCUT2D eigenvalue weighted by Gasteiger charge is -2.15. The van der Waals surface area contributed by atoms with E-state index in [-0.39, 0.29) is 31.2 Å². The first-order valence-electron chi connectivity index (χ1n) is 14.1. The normalized spacial score (nSPS) is 11.6. The molecule has 0 aliphatic rings. The fourth-order valence-electron chi connectivity index (χ4n) is 4.12. The summed E-state index contributed by atoms with van der Waals surface area (Å²) in [6.07, 6.45) is 12.3. The second-order valence-corrected chi connectivity index (χ2v) is 10.9. The van der Waals surface area contributed by atoms with Crippen LogP contribution < -0.4 is 0 Å². The zero-order valence-corrected chi connectivity index (χ0v) is 23.7. The Morgan fingerprint density at radius 1 is 0.658 bits per heavy atom. The molecule has 2 rings (SSSR count). The summed E-state index contributed by atoms with van der Waals surface area (Å²) in [5.74, 6) is -1.17. The largest absolute Gasteiger partial charge is 0.461 e. The molecule has 6 heteroatoms. The van der Waals surface area contributed by atoms with E-state index in [1.807, 2.05) is 60.7 Å². The van der Waals surface area contributed by atoms with E-state index in [2.05, 4.69) is 6.92 Å². The summed E-state index contributed by atoms with van der Waals surface area (Å²) < 4.78 is 10.8. The molecule has 0 saturated carbocycles. The highest BCUT2D eigenvalue weighted by Crippen LogP contribution is 2.21. The molecule has 0 saturated heterocycles. The van der Waals surface area contributed by atoms with E-state index in [1.165, 1.54) is 63.1 Å². The van der Waals surface area contributed by atoms with Gasteiger partial charge in [0.05, 0.1) is 12.3 Å². The van der Waals surface area contributed by atoms with Crippen molar-refractivity contribution in [2.24, 2.45) is 5.92 Å². The van der Waals surface area contributed by atoms with Gasteiger partial charge in [0.25, 0.3) is 0 Å². The van der Waals surface area contributed by atoms with E-state index < -0.39 is 17.9 Å². The van der Waals surface area contributed by atoms with Crippen molar-refractivity contribution >= 4 is 28.8 Å². The fraction of sp³-hybridized carbons (Fsp3) is 0.531. The zero-order valence-electron chi connectivity index (χ0n) is 22.9. The molecule has 0 aliphatic heterocycles. The molecule has 0 fully saturated rings. The first-order chi connectivity index (χ1) is 18.6. The SMILES string of the molecule is CCCCCCCCCCCCSC(=O)C[C@H](CC(=O)OCc1ccccc1)C(=O)OCc1ccccc1. The molecule has 2 aromatic rings. The van der Waals surface area contributed by atoms with E-state index in [0.29, 0.717) is 0 Å². The Morgan fingerprint density at radius 2 is 1.16 bits per heavy atom. The molecule has 0 N–H and O–H groups in total. The third-order valence-corrected chi connectivity index (χ3v) is 7.37. The van der Waals surface area contributed by atoms with Gasteiger partial charge in [-0.05, 0) is 17.5 Å². The van der Waals surface area contributed by atoms with E-state index in [9.17, 15) is 14.4 Å². The number of esters is 2. The molecular formula is C32H44O5S. The number of hydrogen-bond donors (Lipinski definition) is 0. The van der Waals surface area contributed by atoms with E-state index >= 15 is 0 Å². The maximum atomic E-state index is 12.8. The van der Waals surface area contributed by atoms with Crippen molar-refractivity contribution < 1.29 is 23.9 Å². The van der Waals surface area contributed by atoms with Crippen molar-refractivity contribution in [1.82, 2.24) is 0 Å². The number of unbranched alkanes of at least 4 members (excludes halogenated alkanes) is 9. The molecule has 1 atom stereocenters. The number of hydrogen-bond acceptors (Lipinski definition) is 6. The molecule has 0 aliphatic carbocycles. The number of carbonyl (C=O) groups is 3. The van der Waals surface area contributed by atoms with Gasteiger partial charge >= 0.3 is 11.9 Å². The van der Waals surface area contributed by atoms with Crippen molar-refractivity contribution in [2.75, 3.05) is 5.75 Å². The Labute approximate surface area is 233 Å². The number of carbonyl (C=O) groups excluding carboxylic acids is 3. The van der Waals surface area contributed by atoms with Crippen molar-refractivity contribution in [3.05, 3.63) is 71.8 Å². The molecular weight excluding hydrogens is 496 g/mol. The van der Waals surface area contributed by atoms with E-state index in [0.717, 1.165) is 29.7 Å². The number of benzene rings is 2. The van der Waals surface area contributed by atoms with Crippen LogP contribution in [0.15, 0.2) is 60.7 Å². The summed E-state index contributed by atoms with van der Waals surface area (Å²) >= 11 is 1.25.